The largest absolute Gasteiger partial charge is 0.382 e. The van der Waals surface area contributed by atoms with Gasteiger partial charge >= 0.3 is 0 Å². The van der Waals surface area contributed by atoms with Gasteiger partial charge in [0.2, 0.25) is 0 Å². The van der Waals surface area contributed by atoms with Crippen LogP contribution in [0.2, 0.25) is 0 Å². The fraction of sp³-hybridized carbons (Fsp3) is 0.133. The molecule has 4 nitrogen and oxygen atoms in total. The highest BCUT2D eigenvalue weighted by Gasteiger charge is 2.18. The van der Waals surface area contributed by atoms with Crippen molar-refractivity contribution >= 4 is 28.3 Å². The lowest BCUT2D eigenvalue weighted by molar-refractivity contribution is -0.238. The molecule has 1 aliphatic rings. The number of anilines is 1. The Labute approximate surface area is 110 Å². The Bertz CT molecular complexity index is 676. The van der Waals surface area contributed by atoms with Crippen LogP contribution in [-0.2, 0) is 4.89 Å². The van der Waals surface area contributed by atoms with Gasteiger partial charge in [0.05, 0.1) is 12.2 Å². The summed E-state index contributed by atoms with van der Waals surface area (Å²) >= 11 is 0. The molecule has 0 aliphatic heterocycles. The number of benzene rings is 2. The number of hydrogen-bond acceptors (Lipinski definition) is 4. The number of hydrogen-bond donors (Lipinski definition) is 2. The van der Waals surface area contributed by atoms with Gasteiger partial charge in [-0.1, -0.05) is 30.3 Å². The van der Waals surface area contributed by atoms with Gasteiger partial charge in [-0.2, -0.15) is 0 Å². The number of rotatable bonds is 4. The lowest BCUT2D eigenvalue weighted by Gasteiger charge is -2.16. The molecule has 4 heteroatoms. The molecule has 2 N–H and O–H groups in total. The standard InChI is InChI=1S/C15H13NO3/c17-13-7-5-11-3-1-2-10-4-6-12(15(13)14(10)11)16-8-9-19-18/h1-7,16,18H,8-9H2. The summed E-state index contributed by atoms with van der Waals surface area (Å²) in [5.41, 5.74) is 2.51. The molecule has 1 aliphatic carbocycles. The minimum atomic E-state index is -0.00304. The fourth-order valence-electron chi connectivity index (χ4n) is 2.43. The predicted octanol–water partition coefficient (Wildman–Crippen LogP) is 2.95. The number of ketones is 1. The van der Waals surface area contributed by atoms with Crippen LogP contribution in [0.3, 0.4) is 0 Å². The lowest BCUT2D eigenvalue weighted by atomic mass is 9.91. The Balaban J connectivity index is 2.14. The lowest BCUT2D eigenvalue weighted by Crippen LogP contribution is -2.12. The Kier molecular flexibility index (Phi) is 3.03. The second kappa shape index (κ2) is 4.84. The van der Waals surface area contributed by atoms with Gasteiger partial charge in [0.1, 0.15) is 0 Å². The average Bonchev–Trinajstić information content (AvgIpc) is 2.44. The molecule has 0 atom stereocenters. The van der Waals surface area contributed by atoms with Gasteiger partial charge < -0.3 is 5.32 Å². The van der Waals surface area contributed by atoms with E-state index < -0.39 is 0 Å². The van der Waals surface area contributed by atoms with Crippen molar-refractivity contribution in [2.75, 3.05) is 18.5 Å². The first-order valence-electron chi connectivity index (χ1n) is 6.09. The van der Waals surface area contributed by atoms with E-state index in [4.69, 9.17) is 5.26 Å². The van der Waals surface area contributed by atoms with Gasteiger partial charge in [0, 0.05) is 17.6 Å². The minimum absolute atomic E-state index is 0.00304. The summed E-state index contributed by atoms with van der Waals surface area (Å²) in [6, 6.07) is 9.84. The van der Waals surface area contributed by atoms with E-state index in [1.807, 2.05) is 36.4 Å². The molecule has 3 rings (SSSR count). The molecule has 96 valence electrons. The van der Waals surface area contributed by atoms with Gasteiger partial charge in [0.15, 0.2) is 5.78 Å². The summed E-state index contributed by atoms with van der Waals surface area (Å²) in [6.45, 7) is 0.608. The van der Waals surface area contributed by atoms with Crippen molar-refractivity contribution in [2.24, 2.45) is 0 Å². The van der Waals surface area contributed by atoms with Crippen molar-refractivity contribution in [2.45, 2.75) is 0 Å². The number of nitrogens with one attached hydrogen (secondary N) is 1. The molecule has 0 radical (unpaired) electrons. The zero-order valence-electron chi connectivity index (χ0n) is 10.2. The van der Waals surface area contributed by atoms with Crippen LogP contribution in [0.4, 0.5) is 5.69 Å². The molecule has 2 aromatic rings. The molecule has 0 saturated heterocycles. The molecule has 0 aromatic heterocycles. The molecule has 0 unspecified atom stereocenters. The maximum Gasteiger partial charge on any atom is 0.188 e. The Morgan fingerprint density at radius 1 is 1.16 bits per heavy atom. The first-order valence-corrected chi connectivity index (χ1v) is 6.09. The molecule has 0 fully saturated rings. The summed E-state index contributed by atoms with van der Waals surface area (Å²) in [5.74, 6) is -0.00304. The summed E-state index contributed by atoms with van der Waals surface area (Å²) in [5, 5.41) is 13.5. The second-order valence-corrected chi connectivity index (χ2v) is 4.39. The van der Waals surface area contributed by atoms with Crippen molar-refractivity contribution in [1.82, 2.24) is 0 Å². The monoisotopic (exact) mass is 255 g/mol. The number of allylic oxidation sites excluding steroid dienone is 1. The number of carbonyl (C=O) groups is 1. The van der Waals surface area contributed by atoms with Gasteiger partial charge in [-0.15, -0.1) is 0 Å². The van der Waals surface area contributed by atoms with Crippen molar-refractivity contribution in [1.29, 1.82) is 0 Å². The molecular weight excluding hydrogens is 242 g/mol. The van der Waals surface area contributed by atoms with E-state index in [1.54, 1.807) is 6.08 Å². The summed E-state index contributed by atoms with van der Waals surface area (Å²) in [7, 11) is 0. The van der Waals surface area contributed by atoms with E-state index in [-0.39, 0.29) is 12.4 Å². The van der Waals surface area contributed by atoms with Gasteiger partial charge in [-0.25, -0.2) is 4.89 Å². The van der Waals surface area contributed by atoms with E-state index >= 15 is 0 Å². The summed E-state index contributed by atoms with van der Waals surface area (Å²) in [4.78, 5) is 16.1. The first kappa shape index (κ1) is 11.9. The third kappa shape index (κ3) is 2.01. The highest BCUT2D eigenvalue weighted by Crippen LogP contribution is 2.33. The van der Waals surface area contributed by atoms with Gasteiger partial charge in [-0.05, 0) is 23.1 Å². The third-order valence-electron chi connectivity index (χ3n) is 3.25. The van der Waals surface area contributed by atoms with Crippen LogP contribution in [-0.4, -0.2) is 24.2 Å². The summed E-state index contributed by atoms with van der Waals surface area (Å²) in [6.07, 6.45) is 3.43. The van der Waals surface area contributed by atoms with Crippen LogP contribution >= 0.6 is 0 Å². The zero-order valence-corrected chi connectivity index (χ0v) is 10.2. The number of carbonyl (C=O) groups excluding carboxylic acids is 1. The molecule has 0 spiro atoms. The van der Waals surface area contributed by atoms with E-state index in [2.05, 4.69) is 10.2 Å². The van der Waals surface area contributed by atoms with Crippen molar-refractivity contribution in [3.63, 3.8) is 0 Å². The molecule has 0 saturated carbocycles. The quantitative estimate of drug-likeness (QED) is 0.501. The average molecular weight is 255 g/mol. The molecule has 0 heterocycles. The highest BCUT2D eigenvalue weighted by molar-refractivity contribution is 6.23. The summed E-state index contributed by atoms with van der Waals surface area (Å²) < 4.78 is 0. The Morgan fingerprint density at radius 2 is 2.05 bits per heavy atom. The maximum atomic E-state index is 12.1. The topological polar surface area (TPSA) is 58.6 Å². The molecule has 0 amide bonds. The predicted molar refractivity (Wildman–Crippen MR) is 74.4 cm³/mol. The fourth-order valence-corrected chi connectivity index (χ4v) is 2.43. The van der Waals surface area contributed by atoms with Crippen LogP contribution in [0.25, 0.3) is 16.8 Å². The molecule has 2 aromatic carbocycles. The van der Waals surface area contributed by atoms with E-state index in [1.165, 1.54) is 0 Å². The van der Waals surface area contributed by atoms with Crippen LogP contribution in [0, 0.1) is 0 Å². The first-order chi connectivity index (χ1) is 9.31. The van der Waals surface area contributed by atoms with Crippen LogP contribution in [0.1, 0.15) is 15.9 Å². The van der Waals surface area contributed by atoms with Crippen molar-refractivity contribution in [3.8, 4) is 0 Å². The second-order valence-electron chi connectivity index (χ2n) is 4.39. The minimum Gasteiger partial charge on any atom is -0.382 e. The van der Waals surface area contributed by atoms with Crippen LogP contribution in [0.5, 0.6) is 0 Å². The zero-order chi connectivity index (χ0) is 13.2. The van der Waals surface area contributed by atoms with E-state index in [0.717, 1.165) is 22.0 Å². The smallest absolute Gasteiger partial charge is 0.188 e. The van der Waals surface area contributed by atoms with Crippen molar-refractivity contribution in [3.05, 3.63) is 47.5 Å². The Morgan fingerprint density at radius 3 is 2.89 bits per heavy atom. The van der Waals surface area contributed by atoms with Crippen molar-refractivity contribution < 1.29 is 14.9 Å². The molecule has 0 bridgehead atoms. The SMILES string of the molecule is O=C1C=Cc2cccc3ccc(NCCOO)c1c23. The Hall–Kier alpha value is -2.17. The van der Waals surface area contributed by atoms with Crippen LogP contribution in [0.15, 0.2) is 36.4 Å². The van der Waals surface area contributed by atoms with E-state index in [9.17, 15) is 4.79 Å². The highest BCUT2D eigenvalue weighted by atomic mass is 17.1. The maximum absolute atomic E-state index is 12.1. The molecule has 19 heavy (non-hydrogen) atoms. The van der Waals surface area contributed by atoms with Gasteiger partial charge in [-0.3, -0.25) is 10.1 Å². The van der Waals surface area contributed by atoms with Crippen LogP contribution < -0.4 is 5.32 Å². The van der Waals surface area contributed by atoms with E-state index in [0.29, 0.717) is 12.1 Å². The normalized spacial score (nSPS) is 13.0. The van der Waals surface area contributed by atoms with Gasteiger partial charge in [0.25, 0.3) is 0 Å². The third-order valence-corrected chi connectivity index (χ3v) is 3.25. The molecular formula is C15H13NO3.